The maximum absolute atomic E-state index is 5.72. The second kappa shape index (κ2) is 2.91. The van der Waals surface area contributed by atoms with Crippen molar-refractivity contribution >= 4 is 22.9 Å². The third-order valence-corrected chi connectivity index (χ3v) is 1.81. The number of guanidine groups is 1. The molecule has 1 aromatic carbocycles. The van der Waals surface area contributed by atoms with E-state index in [2.05, 4.69) is 9.98 Å². The van der Waals surface area contributed by atoms with Crippen LogP contribution in [0.15, 0.2) is 29.3 Å². The lowest BCUT2D eigenvalue weighted by Crippen LogP contribution is -2.22. The minimum atomic E-state index is -0.0630. The van der Waals surface area contributed by atoms with Gasteiger partial charge in [0.2, 0.25) is 0 Å². The molecule has 0 unspecified atom stereocenters. The molecule has 0 saturated carbocycles. The normalized spacial score (nSPS) is 10.3. The molecule has 0 amide bonds. The van der Waals surface area contributed by atoms with Crippen molar-refractivity contribution in [2.45, 2.75) is 0 Å². The number of aliphatic imine (C=N–C) groups is 1. The van der Waals surface area contributed by atoms with Crippen LogP contribution in [0.1, 0.15) is 0 Å². The molecule has 0 aliphatic heterocycles. The quantitative estimate of drug-likeness (QED) is 0.324. The molecular formula is C8H10N6. The molecule has 0 aliphatic rings. The highest BCUT2D eigenvalue weighted by molar-refractivity contribution is 5.82. The summed E-state index contributed by atoms with van der Waals surface area (Å²) in [5.41, 5.74) is 12.0. The second-order valence-electron chi connectivity index (χ2n) is 2.81. The molecule has 6 heteroatoms. The number of nitrogens with zero attached hydrogens (tertiary/aromatic N) is 3. The largest absolute Gasteiger partial charge is 0.370 e. The summed E-state index contributed by atoms with van der Waals surface area (Å²) >= 11 is 0. The first-order valence-electron chi connectivity index (χ1n) is 4.00. The molecule has 0 aliphatic carbocycles. The van der Waals surface area contributed by atoms with Gasteiger partial charge in [-0.1, -0.05) is 12.1 Å². The zero-order chi connectivity index (χ0) is 10.1. The van der Waals surface area contributed by atoms with Gasteiger partial charge >= 0.3 is 0 Å². The molecule has 1 aromatic heterocycles. The van der Waals surface area contributed by atoms with E-state index in [4.69, 9.17) is 17.3 Å². The Balaban J connectivity index is 2.69. The highest BCUT2D eigenvalue weighted by Crippen LogP contribution is 2.17. The van der Waals surface area contributed by atoms with Gasteiger partial charge in [0.05, 0.1) is 11.0 Å². The Morgan fingerprint density at radius 1 is 1.29 bits per heavy atom. The van der Waals surface area contributed by atoms with Crippen molar-refractivity contribution in [3.05, 3.63) is 24.3 Å². The van der Waals surface area contributed by atoms with E-state index in [-0.39, 0.29) is 5.96 Å². The van der Waals surface area contributed by atoms with Crippen molar-refractivity contribution in [1.29, 1.82) is 0 Å². The van der Waals surface area contributed by atoms with Crippen LogP contribution in [0.4, 0.5) is 5.95 Å². The predicted molar refractivity (Wildman–Crippen MR) is 55.4 cm³/mol. The fourth-order valence-electron chi connectivity index (χ4n) is 1.23. The van der Waals surface area contributed by atoms with Gasteiger partial charge in [-0.2, -0.15) is 4.99 Å². The van der Waals surface area contributed by atoms with E-state index in [1.165, 1.54) is 4.68 Å². The van der Waals surface area contributed by atoms with E-state index < -0.39 is 0 Å². The first kappa shape index (κ1) is 8.36. The van der Waals surface area contributed by atoms with Crippen LogP contribution in [0, 0.1) is 0 Å². The van der Waals surface area contributed by atoms with Crippen molar-refractivity contribution < 1.29 is 0 Å². The highest BCUT2D eigenvalue weighted by Gasteiger charge is 2.05. The summed E-state index contributed by atoms with van der Waals surface area (Å²) < 4.78 is 1.34. The molecule has 14 heavy (non-hydrogen) atoms. The molecule has 0 radical (unpaired) electrons. The van der Waals surface area contributed by atoms with Gasteiger partial charge in [-0.3, -0.25) is 0 Å². The highest BCUT2D eigenvalue weighted by atomic mass is 15.4. The van der Waals surface area contributed by atoms with Crippen LogP contribution >= 0.6 is 0 Å². The van der Waals surface area contributed by atoms with Gasteiger partial charge in [-0.25, -0.2) is 9.66 Å². The van der Waals surface area contributed by atoms with Crippen molar-refractivity contribution in [1.82, 2.24) is 9.66 Å². The Kier molecular flexibility index (Phi) is 1.74. The molecule has 0 bridgehead atoms. The number of rotatable bonds is 1. The lowest BCUT2D eigenvalue weighted by molar-refractivity contribution is 1.02. The van der Waals surface area contributed by atoms with Gasteiger partial charge in [-0.15, -0.1) is 0 Å². The lowest BCUT2D eigenvalue weighted by Gasteiger charge is -1.96. The van der Waals surface area contributed by atoms with Crippen molar-refractivity contribution in [2.24, 2.45) is 16.5 Å². The average Bonchev–Trinajstić information content (AvgIpc) is 2.44. The van der Waals surface area contributed by atoms with E-state index in [1.807, 2.05) is 24.3 Å². The minimum absolute atomic E-state index is 0.0630. The Morgan fingerprint density at radius 2 is 2.00 bits per heavy atom. The van der Waals surface area contributed by atoms with Crippen LogP contribution in [0.5, 0.6) is 0 Å². The molecule has 1 heterocycles. The van der Waals surface area contributed by atoms with Gasteiger partial charge < -0.3 is 17.3 Å². The molecule has 6 nitrogen and oxygen atoms in total. The number of imidazole rings is 1. The van der Waals surface area contributed by atoms with Crippen LogP contribution < -0.4 is 17.3 Å². The molecule has 0 atom stereocenters. The Bertz CT molecular complexity index is 494. The second-order valence-corrected chi connectivity index (χ2v) is 2.81. The van der Waals surface area contributed by atoms with Gasteiger partial charge in [0.25, 0.3) is 5.95 Å². The molecule has 0 fully saturated rings. The van der Waals surface area contributed by atoms with Gasteiger partial charge in [0.15, 0.2) is 5.96 Å². The van der Waals surface area contributed by atoms with Crippen LogP contribution in [-0.2, 0) is 0 Å². The predicted octanol–water partition coefficient (Wildman–Crippen LogP) is -0.345. The monoisotopic (exact) mass is 190 g/mol. The zero-order valence-electron chi connectivity index (χ0n) is 7.38. The minimum Gasteiger partial charge on any atom is -0.370 e. The standard InChI is InChI=1S/C8H10N6/c9-7(10)13-8-12-5-3-1-2-4-6(5)14(8)11/h1-4H,11H2,(H4,9,10,12,13). The summed E-state index contributed by atoms with van der Waals surface area (Å²) in [6.07, 6.45) is 0. The molecule has 6 N–H and O–H groups in total. The first-order chi connectivity index (χ1) is 6.68. The number of hydrogen-bond donors (Lipinski definition) is 3. The number of aromatic nitrogens is 2. The Hall–Kier alpha value is -2.24. The summed E-state index contributed by atoms with van der Waals surface area (Å²) in [4.78, 5) is 7.94. The third kappa shape index (κ3) is 1.22. The number of fused-ring (bicyclic) bond motifs is 1. The van der Waals surface area contributed by atoms with Gasteiger partial charge in [0.1, 0.15) is 0 Å². The van der Waals surface area contributed by atoms with Crippen LogP contribution in [-0.4, -0.2) is 15.6 Å². The number of nitrogen functional groups attached to an aromatic ring is 1. The zero-order valence-corrected chi connectivity index (χ0v) is 7.38. The maximum atomic E-state index is 5.72. The molecule has 0 saturated heterocycles. The summed E-state index contributed by atoms with van der Waals surface area (Å²) in [6.45, 7) is 0. The van der Waals surface area contributed by atoms with E-state index in [9.17, 15) is 0 Å². The van der Waals surface area contributed by atoms with E-state index in [0.29, 0.717) is 5.95 Å². The fraction of sp³-hybridized carbons (Fsp3) is 0. The van der Waals surface area contributed by atoms with Crippen LogP contribution in [0.2, 0.25) is 0 Å². The van der Waals surface area contributed by atoms with Crippen molar-refractivity contribution in [3.8, 4) is 0 Å². The summed E-state index contributed by atoms with van der Waals surface area (Å²) in [5.74, 6) is 5.96. The number of para-hydroxylation sites is 2. The molecule has 0 spiro atoms. The van der Waals surface area contributed by atoms with Gasteiger partial charge in [-0.05, 0) is 12.1 Å². The Labute approximate surface area is 80.0 Å². The maximum Gasteiger partial charge on any atom is 0.252 e. The lowest BCUT2D eigenvalue weighted by atomic mass is 10.3. The Morgan fingerprint density at radius 3 is 2.64 bits per heavy atom. The topological polar surface area (TPSA) is 108 Å². The van der Waals surface area contributed by atoms with E-state index >= 15 is 0 Å². The van der Waals surface area contributed by atoms with Crippen molar-refractivity contribution in [2.75, 3.05) is 5.84 Å². The smallest absolute Gasteiger partial charge is 0.252 e. The first-order valence-corrected chi connectivity index (χ1v) is 4.00. The van der Waals surface area contributed by atoms with Crippen LogP contribution in [0.3, 0.4) is 0 Å². The van der Waals surface area contributed by atoms with Gasteiger partial charge in [0, 0.05) is 0 Å². The average molecular weight is 190 g/mol. The molecule has 2 rings (SSSR count). The van der Waals surface area contributed by atoms with Crippen LogP contribution in [0.25, 0.3) is 11.0 Å². The fourth-order valence-corrected chi connectivity index (χ4v) is 1.23. The summed E-state index contributed by atoms with van der Waals surface area (Å²) in [7, 11) is 0. The SMILES string of the molecule is NC(N)=Nc1nc2ccccc2n1N. The number of nitrogens with two attached hydrogens (primary N) is 3. The summed E-state index contributed by atoms with van der Waals surface area (Å²) in [5, 5.41) is 0. The molecule has 72 valence electrons. The third-order valence-electron chi connectivity index (χ3n) is 1.81. The summed E-state index contributed by atoms with van der Waals surface area (Å²) in [6, 6.07) is 7.42. The van der Waals surface area contributed by atoms with E-state index in [1.54, 1.807) is 0 Å². The molecular weight excluding hydrogens is 180 g/mol. The van der Waals surface area contributed by atoms with Crippen molar-refractivity contribution in [3.63, 3.8) is 0 Å². The number of benzene rings is 1. The number of hydrogen-bond acceptors (Lipinski definition) is 3. The van der Waals surface area contributed by atoms with E-state index in [0.717, 1.165) is 11.0 Å². The molecule has 2 aromatic rings.